The van der Waals surface area contributed by atoms with Gasteiger partial charge in [0.15, 0.2) is 15.0 Å². The molecule has 0 spiro atoms. The molecule has 1 aromatic rings. The van der Waals surface area contributed by atoms with Crippen LogP contribution in [0, 0.1) is 19.3 Å². The van der Waals surface area contributed by atoms with Gasteiger partial charge in [-0.3, -0.25) is 4.79 Å². The van der Waals surface area contributed by atoms with E-state index < -0.39 is 15.3 Å². The number of carbonyl (C=O) groups is 1. The minimum absolute atomic E-state index is 0.0727. The topological polar surface area (TPSA) is 66.8 Å². The van der Waals surface area contributed by atoms with Crippen LogP contribution in [-0.2, 0) is 14.6 Å². The van der Waals surface area contributed by atoms with Crippen LogP contribution in [0.2, 0.25) is 0 Å². The van der Waals surface area contributed by atoms with Crippen LogP contribution >= 0.6 is 11.8 Å². The van der Waals surface area contributed by atoms with Crippen molar-refractivity contribution in [2.45, 2.75) is 45.9 Å². The first-order chi connectivity index (χ1) is 11.5. The largest absolute Gasteiger partial charge is 0.315 e. The number of thioether (sulfide) groups is 1. The number of hydrogen-bond acceptors (Lipinski definition) is 4. The zero-order valence-corrected chi connectivity index (χ0v) is 16.9. The van der Waals surface area contributed by atoms with Crippen molar-refractivity contribution < 1.29 is 13.2 Å². The highest BCUT2D eigenvalue weighted by molar-refractivity contribution is 8.16. The second-order valence-electron chi connectivity index (χ2n) is 7.91. The van der Waals surface area contributed by atoms with Gasteiger partial charge in [-0.15, -0.1) is 0 Å². The van der Waals surface area contributed by atoms with Gasteiger partial charge in [-0.25, -0.2) is 8.42 Å². The Balaban J connectivity index is 2.09. The quantitative estimate of drug-likeness (QED) is 0.749. The van der Waals surface area contributed by atoms with E-state index >= 15 is 0 Å². The third-order valence-electron chi connectivity index (χ3n) is 4.53. The van der Waals surface area contributed by atoms with Gasteiger partial charge < -0.3 is 4.90 Å². The minimum Gasteiger partial charge on any atom is -0.315 e. The van der Waals surface area contributed by atoms with E-state index in [-0.39, 0.29) is 28.7 Å². The van der Waals surface area contributed by atoms with E-state index in [0.717, 1.165) is 16.8 Å². The molecule has 0 bridgehead atoms. The van der Waals surface area contributed by atoms with Gasteiger partial charge in [-0.05, 0) is 31.0 Å². The highest BCUT2D eigenvalue weighted by atomic mass is 32.2. The van der Waals surface area contributed by atoms with Crippen molar-refractivity contribution in [3.63, 3.8) is 0 Å². The summed E-state index contributed by atoms with van der Waals surface area (Å²) in [6.07, 6.45) is 0. The summed E-state index contributed by atoms with van der Waals surface area (Å²) in [4.78, 5) is 18.8. The smallest absolute Gasteiger partial charge is 0.253 e. The van der Waals surface area contributed by atoms with Crippen molar-refractivity contribution in [1.82, 2.24) is 0 Å². The third kappa shape index (κ3) is 3.62. The predicted octanol–water partition coefficient (Wildman–Crippen LogP) is 2.95. The van der Waals surface area contributed by atoms with E-state index in [1.54, 1.807) is 0 Å². The summed E-state index contributed by atoms with van der Waals surface area (Å²) >= 11 is 1.42. The molecule has 0 aliphatic carbocycles. The van der Waals surface area contributed by atoms with Crippen LogP contribution in [0.15, 0.2) is 23.2 Å². The maximum atomic E-state index is 12.5. The molecule has 2 fully saturated rings. The number of nitrogens with zero attached hydrogens (tertiary/aromatic N) is 2. The maximum absolute atomic E-state index is 12.5. The van der Waals surface area contributed by atoms with Gasteiger partial charge in [-0.2, -0.15) is 4.99 Å². The zero-order chi connectivity index (χ0) is 18.6. The lowest BCUT2D eigenvalue weighted by atomic mass is 9.96. The van der Waals surface area contributed by atoms with E-state index in [4.69, 9.17) is 0 Å². The number of rotatable bonds is 1. The van der Waals surface area contributed by atoms with Crippen molar-refractivity contribution in [2.24, 2.45) is 10.4 Å². The van der Waals surface area contributed by atoms with Gasteiger partial charge >= 0.3 is 0 Å². The van der Waals surface area contributed by atoms with E-state index in [1.165, 1.54) is 11.8 Å². The fourth-order valence-corrected chi connectivity index (χ4v) is 6.98. The number of sulfone groups is 1. The molecule has 136 valence electrons. The molecule has 2 heterocycles. The Hall–Kier alpha value is -1.34. The molecule has 7 heteroatoms. The first-order valence-electron chi connectivity index (χ1n) is 8.35. The molecule has 0 aromatic heterocycles. The van der Waals surface area contributed by atoms with Crippen LogP contribution < -0.4 is 4.90 Å². The molecule has 1 aromatic carbocycles. The third-order valence-corrected chi connectivity index (χ3v) is 7.74. The van der Waals surface area contributed by atoms with Gasteiger partial charge in [0.2, 0.25) is 0 Å². The molecule has 0 saturated carbocycles. The fraction of sp³-hybridized carbons (Fsp3) is 0.556. The van der Waals surface area contributed by atoms with Crippen LogP contribution in [0.1, 0.15) is 31.9 Å². The van der Waals surface area contributed by atoms with Crippen LogP contribution in [0.3, 0.4) is 0 Å². The first kappa shape index (κ1) is 18.5. The van der Waals surface area contributed by atoms with Gasteiger partial charge in [-0.1, -0.05) is 44.7 Å². The summed E-state index contributed by atoms with van der Waals surface area (Å²) in [7, 11) is -3.05. The predicted molar refractivity (Wildman–Crippen MR) is 104 cm³/mol. The lowest BCUT2D eigenvalue weighted by Gasteiger charge is -2.27. The van der Waals surface area contributed by atoms with E-state index in [9.17, 15) is 13.2 Å². The molecule has 0 N–H and O–H groups in total. The molecule has 2 aliphatic heterocycles. The maximum Gasteiger partial charge on any atom is 0.253 e. The Morgan fingerprint density at radius 3 is 2.56 bits per heavy atom. The number of amides is 1. The standard InChI is InChI=1S/C18H24N2O3S2/c1-11-6-7-12(2)13(8-11)20-14-9-25(22,23)10-15(14)24-17(20)19-16(21)18(3,4)5/h6-8,14-15H,9-10H2,1-5H3/t14-,15+/m1/s1. The number of anilines is 1. The summed E-state index contributed by atoms with van der Waals surface area (Å²) in [6, 6.07) is 5.93. The molecule has 5 nitrogen and oxygen atoms in total. The van der Waals surface area contributed by atoms with Crippen molar-refractivity contribution in [2.75, 3.05) is 16.4 Å². The van der Waals surface area contributed by atoms with Crippen LogP contribution in [-0.4, -0.2) is 42.3 Å². The second-order valence-corrected chi connectivity index (χ2v) is 11.3. The summed E-state index contributed by atoms with van der Waals surface area (Å²) in [5.74, 6) is 0.0702. The Morgan fingerprint density at radius 1 is 1.24 bits per heavy atom. The average molecular weight is 381 g/mol. The summed E-state index contributed by atoms with van der Waals surface area (Å²) in [5.41, 5.74) is 2.52. The van der Waals surface area contributed by atoms with Crippen LogP contribution in [0.4, 0.5) is 5.69 Å². The Kier molecular flexibility index (Phi) is 4.52. The molecule has 2 aliphatic rings. The minimum atomic E-state index is -3.05. The Morgan fingerprint density at radius 2 is 1.92 bits per heavy atom. The number of aliphatic imine (C=N–C) groups is 1. The van der Waals surface area contributed by atoms with E-state index in [0.29, 0.717) is 5.17 Å². The van der Waals surface area contributed by atoms with Crippen LogP contribution in [0.5, 0.6) is 0 Å². The van der Waals surface area contributed by atoms with Crippen molar-refractivity contribution in [3.05, 3.63) is 29.3 Å². The number of fused-ring (bicyclic) bond motifs is 1. The zero-order valence-electron chi connectivity index (χ0n) is 15.2. The monoisotopic (exact) mass is 380 g/mol. The SMILES string of the molecule is Cc1ccc(C)c(N2C(=NC(=O)C(C)(C)C)S[C@H]3CS(=O)(=O)C[C@H]32)c1. The molecule has 0 radical (unpaired) electrons. The number of hydrogen-bond donors (Lipinski definition) is 0. The van der Waals surface area contributed by atoms with E-state index in [1.807, 2.05) is 57.7 Å². The Labute approximate surface area is 153 Å². The molecule has 0 unspecified atom stereocenters. The summed E-state index contributed by atoms with van der Waals surface area (Å²) in [6.45, 7) is 9.53. The second kappa shape index (κ2) is 6.13. The molecule has 1 amide bonds. The molecule has 2 saturated heterocycles. The first-order valence-corrected chi connectivity index (χ1v) is 11.0. The van der Waals surface area contributed by atoms with Crippen molar-refractivity contribution in [1.29, 1.82) is 0 Å². The molecular formula is C18H24N2O3S2. The lowest BCUT2D eigenvalue weighted by Crippen LogP contribution is -2.38. The summed E-state index contributed by atoms with van der Waals surface area (Å²) < 4.78 is 24.2. The normalized spacial score (nSPS) is 26.9. The fourth-order valence-electron chi connectivity index (χ4n) is 3.08. The highest BCUT2D eigenvalue weighted by Crippen LogP contribution is 2.42. The number of benzene rings is 1. The van der Waals surface area contributed by atoms with Gasteiger partial charge in [0, 0.05) is 16.4 Å². The average Bonchev–Trinajstić information content (AvgIpc) is 2.92. The van der Waals surface area contributed by atoms with E-state index in [2.05, 4.69) is 4.99 Å². The van der Waals surface area contributed by atoms with Crippen LogP contribution in [0.25, 0.3) is 0 Å². The van der Waals surface area contributed by atoms with Gasteiger partial charge in [0.1, 0.15) is 0 Å². The van der Waals surface area contributed by atoms with Gasteiger partial charge in [0.25, 0.3) is 5.91 Å². The number of carbonyl (C=O) groups excluding carboxylic acids is 1. The van der Waals surface area contributed by atoms with Crippen molar-refractivity contribution >= 4 is 38.4 Å². The lowest BCUT2D eigenvalue weighted by molar-refractivity contribution is -0.124. The highest BCUT2D eigenvalue weighted by Gasteiger charge is 2.49. The molecule has 2 atom stereocenters. The number of amidine groups is 1. The molecule has 25 heavy (non-hydrogen) atoms. The Bertz CT molecular complexity index is 854. The number of aryl methyl sites for hydroxylation is 2. The molecule has 3 rings (SSSR count). The van der Waals surface area contributed by atoms with Gasteiger partial charge in [0.05, 0.1) is 17.5 Å². The molecular weight excluding hydrogens is 356 g/mol. The van der Waals surface area contributed by atoms with Crippen molar-refractivity contribution in [3.8, 4) is 0 Å². The summed E-state index contributed by atoms with van der Waals surface area (Å²) in [5, 5.41) is 0.551.